The number of carbonyl (C=O) groups is 2. The molecule has 2 amide bonds. The lowest BCUT2D eigenvalue weighted by Crippen LogP contribution is -2.41. The van der Waals surface area contributed by atoms with Crippen LogP contribution in [0.5, 0.6) is 0 Å². The summed E-state index contributed by atoms with van der Waals surface area (Å²) in [6.45, 7) is 1.61. The van der Waals surface area contributed by atoms with Gasteiger partial charge in [0.2, 0.25) is 15.9 Å². The van der Waals surface area contributed by atoms with E-state index in [2.05, 4.69) is 5.32 Å². The van der Waals surface area contributed by atoms with Gasteiger partial charge in [-0.3, -0.25) is 13.9 Å². The Balaban J connectivity index is 2.19. The molecule has 2 aromatic rings. The first-order valence-corrected chi connectivity index (χ1v) is 11.1. The molecule has 0 aromatic heterocycles. The number of amides is 2. The third-order valence-electron chi connectivity index (χ3n) is 4.44. The largest absolute Gasteiger partial charge is 0.348 e. The Kier molecular flexibility index (Phi) is 7.39. The summed E-state index contributed by atoms with van der Waals surface area (Å²) in [7, 11) is -0.414. The Labute approximate surface area is 172 Å². The molecule has 0 aliphatic rings. The van der Waals surface area contributed by atoms with E-state index >= 15 is 0 Å². The molecule has 2 aromatic carbocycles. The maximum absolute atomic E-state index is 12.6. The Morgan fingerprint density at radius 2 is 1.59 bits per heavy atom. The standard InChI is InChI=1S/C21H27N3O4S/c1-5-19(16-9-7-6-8-10-16)22-20(25)15-24(29(4,27)28)18-13-11-17(12-14-18)21(26)23(2)3/h6-14,19H,5,15H2,1-4H3,(H,22,25). The highest BCUT2D eigenvalue weighted by Gasteiger charge is 2.23. The number of benzene rings is 2. The molecule has 7 nitrogen and oxygen atoms in total. The quantitative estimate of drug-likeness (QED) is 0.715. The van der Waals surface area contributed by atoms with Gasteiger partial charge in [0.15, 0.2) is 0 Å². The zero-order valence-corrected chi connectivity index (χ0v) is 17.9. The van der Waals surface area contributed by atoms with Crippen molar-refractivity contribution in [3.63, 3.8) is 0 Å². The first-order chi connectivity index (χ1) is 13.6. The van der Waals surface area contributed by atoms with Crippen molar-refractivity contribution in [1.82, 2.24) is 10.2 Å². The summed E-state index contributed by atoms with van der Waals surface area (Å²) in [6, 6.07) is 15.5. The SMILES string of the molecule is CCC(NC(=O)CN(c1ccc(C(=O)N(C)C)cc1)S(C)(=O)=O)c1ccccc1. The van der Waals surface area contributed by atoms with Gasteiger partial charge in [-0.15, -0.1) is 0 Å². The molecule has 0 heterocycles. The van der Waals surface area contributed by atoms with Gasteiger partial charge in [0, 0.05) is 19.7 Å². The number of hydrogen-bond acceptors (Lipinski definition) is 4. The van der Waals surface area contributed by atoms with E-state index in [1.54, 1.807) is 26.2 Å². The number of carbonyl (C=O) groups excluding carboxylic acids is 2. The summed E-state index contributed by atoms with van der Waals surface area (Å²) in [5, 5.41) is 2.89. The van der Waals surface area contributed by atoms with Crippen LogP contribution in [0, 0.1) is 0 Å². The van der Waals surface area contributed by atoms with E-state index in [0.29, 0.717) is 17.7 Å². The maximum Gasteiger partial charge on any atom is 0.253 e. The van der Waals surface area contributed by atoms with Gasteiger partial charge in [0.05, 0.1) is 18.0 Å². The molecule has 1 unspecified atom stereocenters. The summed E-state index contributed by atoms with van der Waals surface area (Å²) < 4.78 is 25.6. The van der Waals surface area contributed by atoms with Gasteiger partial charge in [0.25, 0.3) is 5.91 Å². The molecular formula is C21H27N3O4S. The lowest BCUT2D eigenvalue weighted by molar-refractivity contribution is -0.120. The highest BCUT2D eigenvalue weighted by Crippen LogP contribution is 2.20. The molecule has 0 saturated carbocycles. The van der Waals surface area contributed by atoms with Crippen molar-refractivity contribution in [3.05, 3.63) is 65.7 Å². The lowest BCUT2D eigenvalue weighted by atomic mass is 10.0. The fraction of sp³-hybridized carbons (Fsp3) is 0.333. The summed E-state index contributed by atoms with van der Waals surface area (Å²) >= 11 is 0. The Bertz CT molecular complexity index is 942. The van der Waals surface area contributed by atoms with Crippen LogP contribution in [0.15, 0.2) is 54.6 Å². The summed E-state index contributed by atoms with van der Waals surface area (Å²) in [6.07, 6.45) is 1.73. The van der Waals surface area contributed by atoms with E-state index in [-0.39, 0.29) is 18.5 Å². The highest BCUT2D eigenvalue weighted by molar-refractivity contribution is 7.92. The second-order valence-corrected chi connectivity index (χ2v) is 8.86. The zero-order chi connectivity index (χ0) is 21.6. The van der Waals surface area contributed by atoms with Gasteiger partial charge < -0.3 is 10.2 Å². The third kappa shape index (κ3) is 6.05. The second-order valence-electron chi connectivity index (χ2n) is 6.96. The van der Waals surface area contributed by atoms with Gasteiger partial charge in [0.1, 0.15) is 6.54 Å². The molecule has 0 saturated heterocycles. The molecule has 0 aliphatic heterocycles. The molecule has 1 N–H and O–H groups in total. The number of hydrogen-bond donors (Lipinski definition) is 1. The monoisotopic (exact) mass is 417 g/mol. The van der Waals surface area contributed by atoms with Crippen molar-refractivity contribution < 1.29 is 18.0 Å². The topological polar surface area (TPSA) is 86.8 Å². The molecule has 0 spiro atoms. The van der Waals surface area contributed by atoms with Crippen LogP contribution in [0.2, 0.25) is 0 Å². The number of nitrogens with one attached hydrogen (secondary N) is 1. The van der Waals surface area contributed by atoms with Gasteiger partial charge in [-0.05, 0) is 36.2 Å². The zero-order valence-electron chi connectivity index (χ0n) is 17.1. The van der Waals surface area contributed by atoms with Crippen molar-refractivity contribution in [2.24, 2.45) is 0 Å². The fourth-order valence-electron chi connectivity index (χ4n) is 2.91. The third-order valence-corrected chi connectivity index (χ3v) is 5.58. The highest BCUT2D eigenvalue weighted by atomic mass is 32.2. The van der Waals surface area contributed by atoms with Crippen LogP contribution >= 0.6 is 0 Å². The molecule has 0 aliphatic carbocycles. The Morgan fingerprint density at radius 3 is 2.07 bits per heavy atom. The van der Waals surface area contributed by atoms with Gasteiger partial charge >= 0.3 is 0 Å². The van der Waals surface area contributed by atoms with Gasteiger partial charge in [-0.1, -0.05) is 37.3 Å². The van der Waals surface area contributed by atoms with E-state index in [1.165, 1.54) is 17.0 Å². The minimum Gasteiger partial charge on any atom is -0.348 e. The first-order valence-electron chi connectivity index (χ1n) is 9.27. The number of nitrogens with zero attached hydrogens (tertiary/aromatic N) is 2. The summed E-state index contributed by atoms with van der Waals surface area (Å²) in [5.74, 6) is -0.589. The van der Waals surface area contributed by atoms with Crippen molar-refractivity contribution in [1.29, 1.82) is 0 Å². The number of anilines is 1. The van der Waals surface area contributed by atoms with Crippen LogP contribution in [0.25, 0.3) is 0 Å². The molecule has 1 atom stereocenters. The average molecular weight is 418 g/mol. The second kappa shape index (κ2) is 9.56. The molecular weight excluding hydrogens is 390 g/mol. The van der Waals surface area contributed by atoms with Crippen molar-refractivity contribution in [2.75, 3.05) is 31.2 Å². The van der Waals surface area contributed by atoms with E-state index in [1.807, 2.05) is 37.3 Å². The van der Waals surface area contributed by atoms with Crippen LogP contribution in [-0.2, 0) is 14.8 Å². The average Bonchev–Trinajstić information content (AvgIpc) is 2.69. The number of sulfonamides is 1. The fourth-order valence-corrected chi connectivity index (χ4v) is 3.76. The van der Waals surface area contributed by atoms with Crippen molar-refractivity contribution in [2.45, 2.75) is 19.4 Å². The molecule has 0 radical (unpaired) electrons. The Morgan fingerprint density at radius 1 is 1.00 bits per heavy atom. The molecule has 29 heavy (non-hydrogen) atoms. The van der Waals surface area contributed by atoms with E-state index < -0.39 is 15.9 Å². The molecule has 0 fully saturated rings. The predicted molar refractivity (Wildman–Crippen MR) is 114 cm³/mol. The minimum atomic E-state index is -3.69. The van der Waals surface area contributed by atoms with Gasteiger partial charge in [-0.25, -0.2) is 8.42 Å². The summed E-state index contributed by atoms with van der Waals surface area (Å²) in [5.41, 5.74) is 1.72. The molecule has 2 rings (SSSR count). The predicted octanol–water partition coefficient (Wildman–Crippen LogP) is 2.42. The van der Waals surface area contributed by atoms with Crippen LogP contribution in [0.4, 0.5) is 5.69 Å². The van der Waals surface area contributed by atoms with Crippen molar-refractivity contribution >= 4 is 27.5 Å². The number of rotatable bonds is 8. The van der Waals surface area contributed by atoms with Crippen molar-refractivity contribution in [3.8, 4) is 0 Å². The Hall–Kier alpha value is -2.87. The first kappa shape index (κ1) is 22.4. The normalized spacial score (nSPS) is 12.1. The van der Waals surface area contributed by atoms with Gasteiger partial charge in [-0.2, -0.15) is 0 Å². The maximum atomic E-state index is 12.6. The summed E-state index contributed by atoms with van der Waals surface area (Å²) in [4.78, 5) is 26.1. The van der Waals surface area contributed by atoms with Crippen LogP contribution < -0.4 is 9.62 Å². The van der Waals surface area contributed by atoms with Crippen LogP contribution in [-0.4, -0.2) is 52.0 Å². The lowest BCUT2D eigenvalue weighted by Gasteiger charge is -2.24. The smallest absolute Gasteiger partial charge is 0.253 e. The molecule has 8 heteroatoms. The van der Waals surface area contributed by atoms with Crippen LogP contribution in [0.1, 0.15) is 35.3 Å². The van der Waals surface area contributed by atoms with E-state index in [9.17, 15) is 18.0 Å². The van der Waals surface area contributed by atoms with Crippen LogP contribution in [0.3, 0.4) is 0 Å². The van der Waals surface area contributed by atoms with E-state index in [0.717, 1.165) is 16.1 Å². The molecule has 0 bridgehead atoms. The molecule has 156 valence electrons. The minimum absolute atomic E-state index is 0.186. The van der Waals surface area contributed by atoms with E-state index in [4.69, 9.17) is 0 Å².